The Labute approximate surface area is 115 Å². The first-order valence-corrected chi connectivity index (χ1v) is 6.52. The van der Waals surface area contributed by atoms with Crippen LogP contribution in [-0.4, -0.2) is 40.7 Å². The molecule has 1 amide bonds. The van der Waals surface area contributed by atoms with E-state index < -0.39 is 0 Å². The van der Waals surface area contributed by atoms with Crippen LogP contribution in [0.2, 0.25) is 0 Å². The lowest BCUT2D eigenvalue weighted by Crippen LogP contribution is -2.33. The molecule has 0 radical (unpaired) electrons. The monoisotopic (exact) mass is 264 g/mol. The van der Waals surface area contributed by atoms with Crippen LogP contribution >= 0.6 is 0 Å². The molecule has 1 aromatic heterocycles. The number of rotatable bonds is 7. The van der Waals surface area contributed by atoms with Gasteiger partial charge in [0.1, 0.15) is 0 Å². The van der Waals surface area contributed by atoms with E-state index in [2.05, 4.69) is 28.8 Å². The number of hydrogen-bond donors (Lipinski definition) is 1. The summed E-state index contributed by atoms with van der Waals surface area (Å²) in [6.07, 6.45) is 4.38. The summed E-state index contributed by atoms with van der Waals surface area (Å²) in [5.41, 5.74) is 2.22. The van der Waals surface area contributed by atoms with Crippen molar-refractivity contribution < 1.29 is 4.79 Å². The van der Waals surface area contributed by atoms with Gasteiger partial charge in [-0.15, -0.1) is 6.58 Å². The van der Waals surface area contributed by atoms with Crippen molar-refractivity contribution in [3.8, 4) is 0 Å². The van der Waals surface area contributed by atoms with Crippen LogP contribution < -0.4 is 5.32 Å². The van der Waals surface area contributed by atoms with Crippen molar-refractivity contribution in [2.24, 2.45) is 0 Å². The van der Waals surface area contributed by atoms with E-state index in [0.29, 0.717) is 6.42 Å². The molecule has 1 atom stereocenters. The van der Waals surface area contributed by atoms with E-state index in [4.69, 9.17) is 0 Å². The molecule has 0 saturated carbocycles. The number of allylic oxidation sites excluding steroid dienone is 1. The number of aryl methyl sites for hydroxylation is 1. The minimum Gasteiger partial charge on any atom is -0.359 e. The predicted octanol–water partition coefficient (Wildman–Crippen LogP) is 1.33. The lowest BCUT2D eigenvalue weighted by atomic mass is 10.1. The van der Waals surface area contributed by atoms with Crippen LogP contribution in [0.1, 0.15) is 24.6 Å². The molecule has 0 saturated heterocycles. The largest absolute Gasteiger partial charge is 0.359 e. The lowest BCUT2D eigenvalue weighted by Gasteiger charge is -2.23. The molecule has 1 N–H and O–H groups in total. The van der Waals surface area contributed by atoms with Gasteiger partial charge in [-0.2, -0.15) is 5.10 Å². The first-order chi connectivity index (χ1) is 8.97. The van der Waals surface area contributed by atoms with Crippen LogP contribution in [0.4, 0.5) is 0 Å². The maximum atomic E-state index is 11.4. The Balaban J connectivity index is 2.62. The number of nitrogens with zero attached hydrogens (tertiary/aromatic N) is 3. The third-order valence-electron chi connectivity index (χ3n) is 3.30. The molecule has 0 aliphatic heterocycles. The first-order valence-electron chi connectivity index (χ1n) is 6.52. The topological polar surface area (TPSA) is 50.2 Å². The molecule has 0 aliphatic carbocycles. The Hall–Kier alpha value is -1.62. The van der Waals surface area contributed by atoms with Crippen LogP contribution in [-0.2, 0) is 17.9 Å². The average Bonchev–Trinajstić information content (AvgIpc) is 2.70. The molecule has 0 bridgehead atoms. The minimum absolute atomic E-state index is 0.0680. The van der Waals surface area contributed by atoms with Gasteiger partial charge >= 0.3 is 0 Å². The molecule has 1 rings (SSSR count). The Bertz CT molecular complexity index is 439. The van der Waals surface area contributed by atoms with Gasteiger partial charge in [-0.1, -0.05) is 6.08 Å². The lowest BCUT2D eigenvalue weighted by molar-refractivity contribution is -0.121. The van der Waals surface area contributed by atoms with Crippen LogP contribution in [0.3, 0.4) is 0 Å². The number of aromatic nitrogens is 2. The number of amides is 1. The Morgan fingerprint density at radius 1 is 1.68 bits per heavy atom. The number of carbonyl (C=O) groups is 1. The van der Waals surface area contributed by atoms with Gasteiger partial charge in [-0.3, -0.25) is 14.4 Å². The molecule has 0 aliphatic rings. The molecule has 5 heteroatoms. The highest BCUT2D eigenvalue weighted by molar-refractivity contribution is 5.76. The van der Waals surface area contributed by atoms with Crippen molar-refractivity contribution in [3.05, 3.63) is 30.1 Å². The van der Waals surface area contributed by atoms with Crippen LogP contribution in [0.25, 0.3) is 0 Å². The Morgan fingerprint density at radius 2 is 2.37 bits per heavy atom. The van der Waals surface area contributed by atoms with Gasteiger partial charge in [-0.05, 0) is 20.9 Å². The fourth-order valence-corrected chi connectivity index (χ4v) is 1.89. The second kappa shape index (κ2) is 7.09. The fraction of sp³-hybridized carbons (Fsp3) is 0.571. The van der Waals surface area contributed by atoms with Crippen molar-refractivity contribution >= 4 is 5.91 Å². The Morgan fingerprint density at radius 3 is 2.95 bits per heavy atom. The van der Waals surface area contributed by atoms with Gasteiger partial charge in [0.15, 0.2) is 0 Å². The zero-order chi connectivity index (χ0) is 14.4. The maximum absolute atomic E-state index is 11.4. The summed E-state index contributed by atoms with van der Waals surface area (Å²) < 4.78 is 1.88. The molecular weight excluding hydrogens is 240 g/mol. The summed E-state index contributed by atoms with van der Waals surface area (Å²) in [6, 6.07) is 0.196. The molecule has 5 nitrogen and oxygen atoms in total. The van der Waals surface area contributed by atoms with E-state index in [0.717, 1.165) is 18.8 Å². The fourth-order valence-electron chi connectivity index (χ4n) is 1.89. The van der Waals surface area contributed by atoms with Gasteiger partial charge in [0.05, 0.1) is 12.2 Å². The van der Waals surface area contributed by atoms with E-state index >= 15 is 0 Å². The third-order valence-corrected chi connectivity index (χ3v) is 3.30. The molecule has 19 heavy (non-hydrogen) atoms. The minimum atomic E-state index is 0.0680. The maximum Gasteiger partial charge on any atom is 0.221 e. The highest BCUT2D eigenvalue weighted by Gasteiger charge is 2.15. The third kappa shape index (κ3) is 4.52. The summed E-state index contributed by atoms with van der Waals surface area (Å²) in [7, 11) is 3.69. The van der Waals surface area contributed by atoms with Gasteiger partial charge in [0, 0.05) is 37.8 Å². The molecule has 1 heterocycles. The van der Waals surface area contributed by atoms with Gasteiger partial charge in [-0.25, -0.2) is 0 Å². The van der Waals surface area contributed by atoms with Gasteiger partial charge in [0.25, 0.3) is 0 Å². The molecule has 0 spiro atoms. The molecule has 0 unspecified atom stereocenters. The molecule has 0 fully saturated rings. The summed E-state index contributed by atoms with van der Waals surface area (Å²) >= 11 is 0. The summed E-state index contributed by atoms with van der Waals surface area (Å²) in [5, 5.41) is 7.08. The van der Waals surface area contributed by atoms with Crippen LogP contribution in [0, 0.1) is 6.92 Å². The van der Waals surface area contributed by atoms with Crippen molar-refractivity contribution in [3.63, 3.8) is 0 Å². The summed E-state index contributed by atoms with van der Waals surface area (Å²) in [6.45, 7) is 9.28. The zero-order valence-corrected chi connectivity index (χ0v) is 12.3. The average molecular weight is 264 g/mol. The van der Waals surface area contributed by atoms with Crippen molar-refractivity contribution in [2.75, 3.05) is 14.1 Å². The van der Waals surface area contributed by atoms with Gasteiger partial charge < -0.3 is 5.32 Å². The van der Waals surface area contributed by atoms with Gasteiger partial charge in [0.2, 0.25) is 5.91 Å². The SMILES string of the molecule is C=CCn1cc(CN(C)[C@H](C)CC(=O)NC)c(C)n1. The van der Waals surface area contributed by atoms with E-state index in [-0.39, 0.29) is 11.9 Å². The highest BCUT2D eigenvalue weighted by Crippen LogP contribution is 2.12. The normalized spacial score (nSPS) is 12.5. The van der Waals surface area contributed by atoms with Crippen molar-refractivity contribution in [1.29, 1.82) is 0 Å². The van der Waals surface area contributed by atoms with Crippen LogP contribution in [0.15, 0.2) is 18.9 Å². The van der Waals surface area contributed by atoms with E-state index in [1.165, 1.54) is 5.56 Å². The summed E-state index contributed by atoms with van der Waals surface area (Å²) in [5.74, 6) is 0.0680. The zero-order valence-electron chi connectivity index (χ0n) is 12.3. The smallest absolute Gasteiger partial charge is 0.221 e. The molecule has 0 aromatic carbocycles. The second-order valence-electron chi connectivity index (χ2n) is 4.89. The van der Waals surface area contributed by atoms with E-state index in [1.807, 2.05) is 30.9 Å². The van der Waals surface area contributed by atoms with E-state index in [9.17, 15) is 4.79 Å². The standard InChI is InChI=1S/C14H24N4O/c1-6-7-18-10-13(12(3)16-18)9-17(5)11(2)8-14(19)15-4/h6,10-11H,1,7-9H2,2-5H3,(H,15,19)/t11-/m1/s1. The molecule has 1 aromatic rings. The number of hydrogen-bond acceptors (Lipinski definition) is 3. The second-order valence-corrected chi connectivity index (χ2v) is 4.89. The van der Waals surface area contributed by atoms with E-state index in [1.54, 1.807) is 7.05 Å². The first kappa shape index (κ1) is 15.4. The van der Waals surface area contributed by atoms with Crippen molar-refractivity contribution in [2.45, 2.75) is 39.4 Å². The highest BCUT2D eigenvalue weighted by atomic mass is 16.1. The van der Waals surface area contributed by atoms with Crippen molar-refractivity contribution in [1.82, 2.24) is 20.0 Å². The number of carbonyl (C=O) groups excluding carboxylic acids is 1. The molecule has 106 valence electrons. The van der Waals surface area contributed by atoms with Crippen LogP contribution in [0.5, 0.6) is 0 Å². The predicted molar refractivity (Wildman–Crippen MR) is 76.8 cm³/mol. The summed E-state index contributed by atoms with van der Waals surface area (Å²) in [4.78, 5) is 13.5. The Kier molecular flexibility index (Phi) is 5.76. The molecular formula is C14H24N4O. The quantitative estimate of drug-likeness (QED) is 0.756. The number of nitrogens with one attached hydrogen (secondary N) is 1.